The number of aromatic amines is 1. The lowest BCUT2D eigenvalue weighted by molar-refractivity contribution is 0.0948. The largest absolute Gasteiger partial charge is 0.351 e. The minimum Gasteiger partial charge on any atom is -0.351 e. The molecule has 0 bridgehead atoms. The Hall–Kier alpha value is -1.32. The maximum absolute atomic E-state index is 11.5. The number of nitrogens with zero attached hydrogens (tertiary/aromatic N) is 1. The molecule has 0 unspecified atom stereocenters. The predicted octanol–water partition coefficient (Wildman–Crippen LogP) is 2.50. The molecular weight excluding hydrogens is 202 g/mol. The Balaban J connectivity index is 1.97. The van der Waals surface area contributed by atoms with E-state index in [1.807, 2.05) is 0 Å². The number of aromatic nitrogens is 2. The lowest BCUT2D eigenvalue weighted by Gasteiger charge is -2.03. The Morgan fingerprint density at radius 2 is 2.06 bits per heavy atom. The van der Waals surface area contributed by atoms with Crippen molar-refractivity contribution in [3.63, 3.8) is 0 Å². The highest BCUT2D eigenvalue weighted by Crippen LogP contribution is 2.04. The molecule has 0 aliphatic heterocycles. The third-order valence-electron chi connectivity index (χ3n) is 2.56. The van der Waals surface area contributed by atoms with Gasteiger partial charge in [-0.05, 0) is 6.42 Å². The zero-order valence-corrected chi connectivity index (χ0v) is 9.96. The highest BCUT2D eigenvalue weighted by atomic mass is 16.1. The molecule has 4 heteroatoms. The quantitative estimate of drug-likeness (QED) is 0.665. The second-order valence-corrected chi connectivity index (χ2v) is 3.99. The van der Waals surface area contributed by atoms with Gasteiger partial charge in [-0.1, -0.05) is 39.0 Å². The summed E-state index contributed by atoms with van der Waals surface area (Å²) in [5.74, 6) is -0.0638. The molecule has 1 aromatic rings. The number of nitrogens with one attached hydrogen (secondary N) is 2. The molecule has 0 fully saturated rings. The molecule has 1 amide bonds. The average molecular weight is 223 g/mol. The van der Waals surface area contributed by atoms with E-state index in [4.69, 9.17) is 0 Å². The first-order chi connectivity index (χ1) is 7.84. The molecule has 0 aliphatic carbocycles. The normalized spacial score (nSPS) is 10.3. The molecule has 1 heterocycles. The van der Waals surface area contributed by atoms with Gasteiger partial charge >= 0.3 is 0 Å². The van der Waals surface area contributed by atoms with E-state index in [0.717, 1.165) is 13.0 Å². The van der Waals surface area contributed by atoms with Gasteiger partial charge in [-0.3, -0.25) is 4.79 Å². The summed E-state index contributed by atoms with van der Waals surface area (Å²) >= 11 is 0. The molecule has 0 atom stereocenters. The van der Waals surface area contributed by atoms with Gasteiger partial charge < -0.3 is 10.3 Å². The van der Waals surface area contributed by atoms with Crippen molar-refractivity contribution in [3.05, 3.63) is 18.2 Å². The van der Waals surface area contributed by atoms with Gasteiger partial charge in [-0.2, -0.15) is 0 Å². The summed E-state index contributed by atoms with van der Waals surface area (Å²) < 4.78 is 0. The maximum Gasteiger partial charge on any atom is 0.269 e. The summed E-state index contributed by atoms with van der Waals surface area (Å²) in [5, 5.41) is 2.87. The van der Waals surface area contributed by atoms with Gasteiger partial charge in [0, 0.05) is 6.54 Å². The minimum atomic E-state index is -0.0638. The van der Waals surface area contributed by atoms with Gasteiger partial charge in [-0.15, -0.1) is 0 Å². The molecular formula is C12H21N3O. The van der Waals surface area contributed by atoms with E-state index in [2.05, 4.69) is 22.2 Å². The third-order valence-corrected chi connectivity index (χ3v) is 2.56. The summed E-state index contributed by atoms with van der Waals surface area (Å²) in [6.45, 7) is 2.97. The van der Waals surface area contributed by atoms with Gasteiger partial charge in [0.1, 0.15) is 5.69 Å². The Bertz CT molecular complexity index is 282. The van der Waals surface area contributed by atoms with Crippen LogP contribution < -0.4 is 5.32 Å². The Morgan fingerprint density at radius 3 is 2.75 bits per heavy atom. The Morgan fingerprint density at radius 1 is 1.31 bits per heavy atom. The van der Waals surface area contributed by atoms with Crippen LogP contribution in [0.3, 0.4) is 0 Å². The zero-order chi connectivity index (χ0) is 11.6. The number of carbonyl (C=O) groups excluding carboxylic acids is 1. The molecule has 1 aromatic heterocycles. The first kappa shape index (κ1) is 12.7. The molecule has 1 rings (SSSR count). The molecule has 0 aromatic carbocycles. The van der Waals surface area contributed by atoms with Crippen molar-refractivity contribution in [3.8, 4) is 0 Å². The van der Waals surface area contributed by atoms with Crippen LogP contribution in [0.5, 0.6) is 0 Å². The number of amides is 1. The predicted molar refractivity (Wildman–Crippen MR) is 64.3 cm³/mol. The Kier molecular flexibility index (Phi) is 6.30. The van der Waals surface area contributed by atoms with Crippen molar-refractivity contribution in [2.45, 2.75) is 45.4 Å². The fourth-order valence-electron chi connectivity index (χ4n) is 1.58. The van der Waals surface area contributed by atoms with Crippen molar-refractivity contribution >= 4 is 5.91 Å². The number of unbranched alkanes of at least 4 members (excludes halogenated alkanes) is 5. The zero-order valence-electron chi connectivity index (χ0n) is 9.96. The summed E-state index contributed by atoms with van der Waals surface area (Å²) in [6.07, 6.45) is 10.5. The number of hydrogen-bond donors (Lipinski definition) is 2. The van der Waals surface area contributed by atoms with E-state index in [9.17, 15) is 4.79 Å². The van der Waals surface area contributed by atoms with Crippen LogP contribution in [-0.4, -0.2) is 22.4 Å². The fraction of sp³-hybridized carbons (Fsp3) is 0.667. The first-order valence-electron chi connectivity index (χ1n) is 6.11. The van der Waals surface area contributed by atoms with Crippen LogP contribution in [0, 0.1) is 0 Å². The van der Waals surface area contributed by atoms with Crippen molar-refractivity contribution in [2.24, 2.45) is 0 Å². The van der Waals surface area contributed by atoms with Crippen LogP contribution in [0.1, 0.15) is 55.9 Å². The number of rotatable bonds is 8. The summed E-state index contributed by atoms with van der Waals surface area (Å²) in [5.41, 5.74) is 0.533. The lowest BCUT2D eigenvalue weighted by atomic mass is 10.1. The SMILES string of the molecule is CCCCCCCCNC(=O)c1cnc[nH]1. The van der Waals surface area contributed by atoms with Gasteiger partial charge in [0.2, 0.25) is 0 Å². The van der Waals surface area contributed by atoms with Crippen LogP contribution >= 0.6 is 0 Å². The lowest BCUT2D eigenvalue weighted by Crippen LogP contribution is -2.24. The standard InChI is InChI=1S/C12H21N3O/c1-2-3-4-5-6-7-8-14-12(16)11-9-13-10-15-11/h9-10H,2-8H2,1H3,(H,13,15)(H,14,16). The van der Waals surface area contributed by atoms with Gasteiger partial charge in [0.05, 0.1) is 12.5 Å². The number of carbonyl (C=O) groups is 1. The van der Waals surface area contributed by atoms with Crippen LogP contribution in [0.15, 0.2) is 12.5 Å². The number of H-pyrrole nitrogens is 1. The minimum absolute atomic E-state index is 0.0638. The second-order valence-electron chi connectivity index (χ2n) is 3.99. The number of hydrogen-bond acceptors (Lipinski definition) is 2. The molecule has 16 heavy (non-hydrogen) atoms. The van der Waals surface area contributed by atoms with Crippen molar-refractivity contribution in [1.29, 1.82) is 0 Å². The monoisotopic (exact) mass is 223 g/mol. The van der Waals surface area contributed by atoms with E-state index in [-0.39, 0.29) is 5.91 Å². The van der Waals surface area contributed by atoms with E-state index < -0.39 is 0 Å². The highest BCUT2D eigenvalue weighted by Gasteiger charge is 2.04. The van der Waals surface area contributed by atoms with Gasteiger partial charge in [-0.25, -0.2) is 4.98 Å². The molecule has 0 radical (unpaired) electrons. The first-order valence-corrected chi connectivity index (χ1v) is 6.11. The maximum atomic E-state index is 11.5. The van der Waals surface area contributed by atoms with E-state index in [1.54, 1.807) is 0 Å². The van der Waals surface area contributed by atoms with E-state index >= 15 is 0 Å². The third kappa shape index (κ3) is 4.96. The molecule has 90 valence electrons. The summed E-state index contributed by atoms with van der Waals surface area (Å²) in [4.78, 5) is 18.0. The molecule has 0 saturated carbocycles. The van der Waals surface area contributed by atoms with Crippen LogP contribution in [0.2, 0.25) is 0 Å². The van der Waals surface area contributed by atoms with Crippen molar-refractivity contribution in [2.75, 3.05) is 6.54 Å². The smallest absolute Gasteiger partial charge is 0.269 e. The molecule has 0 aliphatic rings. The fourth-order valence-corrected chi connectivity index (χ4v) is 1.58. The van der Waals surface area contributed by atoms with Crippen LogP contribution in [0.25, 0.3) is 0 Å². The summed E-state index contributed by atoms with van der Waals surface area (Å²) in [6, 6.07) is 0. The van der Waals surface area contributed by atoms with E-state index in [1.165, 1.54) is 44.6 Å². The van der Waals surface area contributed by atoms with Crippen LogP contribution in [0.4, 0.5) is 0 Å². The molecule has 2 N–H and O–H groups in total. The highest BCUT2D eigenvalue weighted by molar-refractivity contribution is 5.91. The summed E-state index contributed by atoms with van der Waals surface area (Å²) in [7, 11) is 0. The molecule has 0 spiro atoms. The van der Waals surface area contributed by atoms with Crippen molar-refractivity contribution in [1.82, 2.24) is 15.3 Å². The van der Waals surface area contributed by atoms with Gasteiger partial charge in [0.15, 0.2) is 0 Å². The molecule has 0 saturated heterocycles. The topological polar surface area (TPSA) is 57.8 Å². The van der Waals surface area contributed by atoms with Gasteiger partial charge in [0.25, 0.3) is 5.91 Å². The molecule has 4 nitrogen and oxygen atoms in total. The Labute approximate surface area is 96.9 Å². The van der Waals surface area contributed by atoms with Crippen molar-refractivity contribution < 1.29 is 4.79 Å². The average Bonchev–Trinajstić information content (AvgIpc) is 2.81. The second kappa shape index (κ2) is 7.91. The van der Waals surface area contributed by atoms with Crippen LogP contribution in [-0.2, 0) is 0 Å². The number of imidazole rings is 1. The van der Waals surface area contributed by atoms with E-state index in [0.29, 0.717) is 5.69 Å².